The van der Waals surface area contributed by atoms with Crippen LogP contribution in [0.5, 0.6) is 0 Å². The molecule has 1 aromatic carbocycles. The van der Waals surface area contributed by atoms with Crippen molar-refractivity contribution in [2.45, 2.75) is 37.5 Å². The highest BCUT2D eigenvalue weighted by atomic mass is 32.2. The monoisotopic (exact) mass is 293 g/mol. The highest BCUT2D eigenvalue weighted by Crippen LogP contribution is 2.25. The van der Waals surface area contributed by atoms with Crippen LogP contribution in [-0.4, -0.2) is 23.6 Å². The van der Waals surface area contributed by atoms with Crippen LogP contribution in [0.3, 0.4) is 0 Å². The lowest BCUT2D eigenvalue weighted by molar-refractivity contribution is 0.259. The molecule has 4 nitrogen and oxygen atoms in total. The molecule has 2 atom stereocenters. The first-order valence-corrected chi connectivity index (χ1v) is 8.21. The fraction of sp³-hybridized carbons (Fsp3) is 0.533. The van der Waals surface area contributed by atoms with Gasteiger partial charge in [-0.05, 0) is 43.2 Å². The molecule has 1 saturated heterocycles. The number of carbonyl (C=O) groups is 1. The molecule has 2 rings (SSSR count). The molecule has 20 heavy (non-hydrogen) atoms. The van der Waals surface area contributed by atoms with E-state index >= 15 is 0 Å². The summed E-state index contributed by atoms with van der Waals surface area (Å²) in [6.45, 7) is 3.23. The van der Waals surface area contributed by atoms with Gasteiger partial charge < -0.3 is 16.4 Å². The van der Waals surface area contributed by atoms with Gasteiger partial charge >= 0.3 is 6.03 Å². The highest BCUT2D eigenvalue weighted by Gasteiger charge is 2.15. The van der Waals surface area contributed by atoms with Gasteiger partial charge in [-0.1, -0.05) is 18.6 Å². The van der Waals surface area contributed by atoms with E-state index in [9.17, 15) is 4.79 Å². The first-order valence-electron chi connectivity index (χ1n) is 7.16. The normalized spacial score (nSPS) is 20.4. The van der Waals surface area contributed by atoms with Gasteiger partial charge in [0.2, 0.25) is 0 Å². The molecule has 4 N–H and O–H groups in total. The van der Waals surface area contributed by atoms with E-state index in [0.29, 0.717) is 6.04 Å². The predicted molar refractivity (Wildman–Crippen MR) is 86.2 cm³/mol. The van der Waals surface area contributed by atoms with Crippen molar-refractivity contribution in [3.8, 4) is 0 Å². The molecular weight excluding hydrogens is 270 g/mol. The number of primary amides is 1. The summed E-state index contributed by atoms with van der Waals surface area (Å²) in [5.41, 5.74) is 7.04. The number of amides is 2. The summed E-state index contributed by atoms with van der Waals surface area (Å²) in [5, 5.41) is 6.92. The van der Waals surface area contributed by atoms with Gasteiger partial charge in [0.1, 0.15) is 0 Å². The third-order valence-corrected chi connectivity index (χ3v) is 5.00. The molecule has 110 valence electrons. The maximum absolute atomic E-state index is 10.8. The fourth-order valence-corrected chi connectivity index (χ4v) is 3.64. The number of carbonyl (C=O) groups excluding carboxylic acids is 1. The van der Waals surface area contributed by atoms with E-state index in [1.165, 1.54) is 30.6 Å². The zero-order valence-corrected chi connectivity index (χ0v) is 12.7. The molecule has 0 bridgehead atoms. The summed E-state index contributed by atoms with van der Waals surface area (Å²) >= 11 is 2.09. The number of nitrogens with two attached hydrogens (primary N) is 1. The number of anilines is 1. The maximum Gasteiger partial charge on any atom is 0.316 e. The van der Waals surface area contributed by atoms with Crippen LogP contribution in [0.25, 0.3) is 0 Å². The van der Waals surface area contributed by atoms with E-state index in [-0.39, 0.29) is 0 Å². The number of thioether (sulfide) groups is 1. The van der Waals surface area contributed by atoms with Crippen LogP contribution in [0.2, 0.25) is 0 Å². The van der Waals surface area contributed by atoms with E-state index in [1.54, 1.807) is 0 Å². The van der Waals surface area contributed by atoms with Crippen molar-refractivity contribution in [3.05, 3.63) is 29.8 Å². The second-order valence-electron chi connectivity index (χ2n) is 5.23. The number of hydrogen-bond acceptors (Lipinski definition) is 3. The molecule has 5 heteroatoms. The highest BCUT2D eigenvalue weighted by molar-refractivity contribution is 7.99. The van der Waals surface area contributed by atoms with Gasteiger partial charge in [0, 0.05) is 23.5 Å². The number of hydrogen-bond donors (Lipinski definition) is 3. The van der Waals surface area contributed by atoms with Crippen LogP contribution >= 0.6 is 11.8 Å². The molecule has 1 heterocycles. The molecule has 0 saturated carbocycles. The van der Waals surface area contributed by atoms with E-state index in [1.807, 2.05) is 24.3 Å². The molecule has 1 aliphatic heterocycles. The van der Waals surface area contributed by atoms with Crippen molar-refractivity contribution in [1.82, 2.24) is 5.32 Å². The Balaban J connectivity index is 1.82. The Labute approximate surface area is 124 Å². The zero-order valence-electron chi connectivity index (χ0n) is 11.9. The van der Waals surface area contributed by atoms with Crippen molar-refractivity contribution < 1.29 is 4.79 Å². The molecule has 1 aromatic rings. The topological polar surface area (TPSA) is 67.2 Å². The van der Waals surface area contributed by atoms with Gasteiger partial charge in [0.15, 0.2) is 0 Å². The summed E-state index contributed by atoms with van der Waals surface area (Å²) < 4.78 is 0. The minimum Gasteiger partial charge on any atom is -0.351 e. The van der Waals surface area contributed by atoms with Gasteiger partial charge in [-0.25, -0.2) is 4.79 Å². The third kappa shape index (κ3) is 4.72. The summed E-state index contributed by atoms with van der Waals surface area (Å²) in [5.74, 6) is 1.30. The summed E-state index contributed by atoms with van der Waals surface area (Å²) in [6.07, 6.45) is 4.05. The van der Waals surface area contributed by atoms with Gasteiger partial charge in [-0.3, -0.25) is 0 Å². The number of rotatable bonds is 5. The second-order valence-corrected chi connectivity index (χ2v) is 6.64. The van der Waals surface area contributed by atoms with E-state index < -0.39 is 6.03 Å². The molecule has 1 aliphatic rings. The zero-order chi connectivity index (χ0) is 14.4. The lowest BCUT2D eigenvalue weighted by Crippen LogP contribution is -2.29. The molecule has 1 fully saturated rings. The van der Waals surface area contributed by atoms with Crippen molar-refractivity contribution in [1.29, 1.82) is 0 Å². The largest absolute Gasteiger partial charge is 0.351 e. The molecule has 0 spiro atoms. The Kier molecular flexibility index (Phi) is 5.73. The smallest absolute Gasteiger partial charge is 0.316 e. The maximum atomic E-state index is 10.8. The summed E-state index contributed by atoms with van der Waals surface area (Å²) in [7, 11) is 0. The Morgan fingerprint density at radius 3 is 2.75 bits per heavy atom. The lowest BCUT2D eigenvalue weighted by atomic mass is 10.1. The first-order chi connectivity index (χ1) is 9.65. The Morgan fingerprint density at radius 2 is 2.15 bits per heavy atom. The van der Waals surface area contributed by atoms with Crippen molar-refractivity contribution in [2.24, 2.45) is 5.73 Å². The van der Waals surface area contributed by atoms with Crippen molar-refractivity contribution in [3.63, 3.8) is 0 Å². The molecule has 0 aromatic heterocycles. The van der Waals surface area contributed by atoms with Gasteiger partial charge in [-0.15, -0.1) is 0 Å². The van der Waals surface area contributed by atoms with Crippen molar-refractivity contribution >= 4 is 23.5 Å². The van der Waals surface area contributed by atoms with Crippen LogP contribution in [-0.2, 0) is 0 Å². The minimum atomic E-state index is -0.529. The van der Waals surface area contributed by atoms with E-state index in [2.05, 4.69) is 29.3 Å². The van der Waals surface area contributed by atoms with Gasteiger partial charge in [0.05, 0.1) is 0 Å². The standard InChI is InChI=1S/C15H23N3OS/c1-11(17-10-14-4-2-3-9-20-14)12-5-7-13(8-6-12)18-15(16)19/h5-8,11,14,17H,2-4,9-10H2,1H3,(H3,16,18,19). The summed E-state index contributed by atoms with van der Waals surface area (Å²) in [4.78, 5) is 10.8. The lowest BCUT2D eigenvalue weighted by Gasteiger charge is -2.24. The number of benzene rings is 1. The molecule has 2 amide bonds. The SMILES string of the molecule is CC(NCC1CCCCS1)c1ccc(NC(N)=O)cc1. The van der Waals surface area contributed by atoms with Gasteiger partial charge in [0.25, 0.3) is 0 Å². The van der Waals surface area contributed by atoms with Gasteiger partial charge in [-0.2, -0.15) is 11.8 Å². The Hall–Kier alpha value is -1.20. The number of nitrogens with one attached hydrogen (secondary N) is 2. The van der Waals surface area contributed by atoms with Crippen LogP contribution in [0.1, 0.15) is 37.8 Å². The average Bonchev–Trinajstić information content (AvgIpc) is 2.46. The molecule has 2 unspecified atom stereocenters. The van der Waals surface area contributed by atoms with Crippen molar-refractivity contribution in [2.75, 3.05) is 17.6 Å². The third-order valence-electron chi connectivity index (χ3n) is 3.60. The molecule has 0 aliphatic carbocycles. The van der Waals surface area contributed by atoms with E-state index in [4.69, 9.17) is 5.73 Å². The van der Waals surface area contributed by atoms with E-state index in [0.717, 1.165) is 17.5 Å². The fourth-order valence-electron chi connectivity index (χ4n) is 2.39. The minimum absolute atomic E-state index is 0.320. The van der Waals surface area contributed by atoms with Crippen LogP contribution in [0, 0.1) is 0 Å². The molecule has 0 radical (unpaired) electrons. The summed E-state index contributed by atoms with van der Waals surface area (Å²) in [6, 6.07) is 7.60. The Bertz CT molecular complexity index is 429. The molecular formula is C15H23N3OS. The first kappa shape index (κ1) is 15.2. The van der Waals surface area contributed by atoms with Crippen LogP contribution < -0.4 is 16.4 Å². The van der Waals surface area contributed by atoms with Crippen LogP contribution in [0.15, 0.2) is 24.3 Å². The quantitative estimate of drug-likeness (QED) is 0.781. The number of urea groups is 1. The Morgan fingerprint density at radius 1 is 1.40 bits per heavy atom. The second kappa shape index (κ2) is 7.55. The average molecular weight is 293 g/mol. The predicted octanol–water partition coefficient (Wildman–Crippen LogP) is 3.11. The van der Waals surface area contributed by atoms with Crippen LogP contribution in [0.4, 0.5) is 10.5 Å².